The van der Waals surface area contributed by atoms with Gasteiger partial charge in [0, 0.05) is 107 Å². The van der Waals surface area contributed by atoms with Crippen molar-refractivity contribution in [3.63, 3.8) is 0 Å². The normalized spacial score (nSPS) is 13.1. The Morgan fingerprint density at radius 3 is 1.44 bits per heavy atom. The minimum absolute atomic E-state index is 0. The number of nitrogens with one attached hydrogen (secondary N) is 1. The van der Waals surface area contributed by atoms with Gasteiger partial charge < -0.3 is 38.2 Å². The van der Waals surface area contributed by atoms with Crippen LogP contribution in [0.4, 0.5) is 0 Å². The van der Waals surface area contributed by atoms with Gasteiger partial charge in [-0.2, -0.15) is 0 Å². The van der Waals surface area contributed by atoms with Gasteiger partial charge in [0.2, 0.25) is 0 Å². The molecule has 10 aromatic rings. The fourth-order valence-corrected chi connectivity index (χ4v) is 28.7. The van der Waals surface area contributed by atoms with Crippen molar-refractivity contribution >= 4 is 132 Å². The van der Waals surface area contributed by atoms with Gasteiger partial charge >= 0.3 is 136 Å². The summed E-state index contributed by atoms with van der Waals surface area (Å²) >= 11 is 10.1. The Bertz CT molecular complexity index is 4040. The molecule has 0 aromatic carbocycles. The number of Topliss-reactive ketones (excluding diaryl/α,β-unsaturated/α-hetero) is 2. The smallest absolute Gasteiger partial charge is 0.137 e. The number of aliphatic hydroxyl groups excluding tert-OH is 1. The SMILES string of the molecule is C.CC1(C)OC(=O)C(Br)(Br)C(=O)O1.CCC(=O)CBr.CCC(C)=O.CCC[CH2][Sn]([CH2]CCC)([CH2]CCC)[c]1ccncc1.CCO.CCOCC.CCc1cn2ccccc2n1.CCc1nc2ccccn2c1-c1ccncc1.CCc1nc2ccccn2c1Br.CCc1nc2ccccn2c1C1CCNCC1. The minimum Gasteiger partial charge on any atom is -0.397 e. The molecule has 108 heavy (non-hydrogen) atoms. The molecule has 0 spiro atoms. The predicted octanol–water partition coefficient (Wildman–Crippen LogP) is 20.3. The summed E-state index contributed by atoms with van der Waals surface area (Å²) in [5, 5.41) is 11.5. The Hall–Kier alpha value is -6.06. The maximum Gasteiger partial charge on any atom is 0.137 e. The van der Waals surface area contributed by atoms with E-state index in [1.807, 2.05) is 140 Å². The largest absolute Gasteiger partial charge is 0.397 e. The van der Waals surface area contributed by atoms with Crippen LogP contribution in [0, 0.1) is 0 Å². The third-order valence-corrected chi connectivity index (χ3v) is 35.6. The number of imidazole rings is 4. The average molecular weight is 1850 g/mol. The van der Waals surface area contributed by atoms with E-state index in [9.17, 15) is 19.2 Å². The molecule has 2 saturated heterocycles. The van der Waals surface area contributed by atoms with Crippen LogP contribution < -0.4 is 8.90 Å². The molecule has 24 heteroatoms. The Labute approximate surface area is 682 Å². The summed E-state index contributed by atoms with van der Waals surface area (Å²) < 4.78 is 28.8. The van der Waals surface area contributed by atoms with Crippen LogP contribution in [-0.2, 0) is 59.1 Å². The monoisotopic (exact) mass is 1850 g/mol. The van der Waals surface area contributed by atoms with Crippen LogP contribution in [0.1, 0.15) is 210 Å². The van der Waals surface area contributed by atoms with Crippen LogP contribution in [-0.4, -0.2) is 142 Å². The molecule has 2 N–H and O–H groups in total. The molecule has 12 heterocycles. The molecule has 2 fully saturated rings. The summed E-state index contributed by atoms with van der Waals surface area (Å²) in [7, 11) is 0. The number of fused-ring (bicyclic) bond motifs is 4. The van der Waals surface area contributed by atoms with Crippen molar-refractivity contribution in [1.82, 2.24) is 52.8 Å². The van der Waals surface area contributed by atoms with Gasteiger partial charge in [-0.1, -0.05) is 89.2 Å². The number of hydrogen-bond acceptors (Lipinski definition) is 15. The van der Waals surface area contributed by atoms with E-state index in [1.54, 1.807) is 30.7 Å². The summed E-state index contributed by atoms with van der Waals surface area (Å²) in [4.78, 5) is 68.7. The zero-order valence-corrected chi connectivity index (χ0v) is 75.3. The number of ketones is 2. The van der Waals surface area contributed by atoms with Crippen molar-refractivity contribution in [1.29, 1.82) is 0 Å². The van der Waals surface area contributed by atoms with E-state index in [1.165, 1.54) is 82.3 Å². The van der Waals surface area contributed by atoms with Crippen LogP contribution in [0.3, 0.4) is 0 Å². The summed E-state index contributed by atoms with van der Waals surface area (Å²) in [6, 6.07) is 33.1. The number of cyclic esters (lactones) is 2. The van der Waals surface area contributed by atoms with Crippen molar-refractivity contribution in [2.75, 3.05) is 38.2 Å². The van der Waals surface area contributed by atoms with E-state index in [0.717, 1.165) is 102 Å². The number of unbranched alkanes of at least 4 members (excludes halogenated alkanes) is 3. The molecule has 2 aliphatic rings. The number of aromatic nitrogens is 10. The van der Waals surface area contributed by atoms with E-state index in [4.69, 9.17) is 24.3 Å². The van der Waals surface area contributed by atoms with Gasteiger partial charge in [0.25, 0.3) is 9.02 Å². The van der Waals surface area contributed by atoms with Crippen LogP contribution in [0.15, 0.2) is 157 Å². The number of pyridine rings is 6. The molecule has 0 unspecified atom stereocenters. The Kier molecular flexibility index (Phi) is 49.5. The molecular weight excluding hydrogens is 1730 g/mol. The average Bonchev–Trinajstić information content (AvgIpc) is 1.75. The van der Waals surface area contributed by atoms with E-state index < -0.39 is 39.3 Å². The predicted molar refractivity (Wildman–Crippen MR) is 461 cm³/mol. The van der Waals surface area contributed by atoms with E-state index in [-0.39, 0.29) is 25.6 Å². The van der Waals surface area contributed by atoms with Gasteiger partial charge in [-0.05, 0) is 188 Å². The van der Waals surface area contributed by atoms with Crippen LogP contribution in [0.2, 0.25) is 13.3 Å². The first-order chi connectivity index (χ1) is 51.5. The second kappa shape index (κ2) is 54.6. The third-order valence-electron chi connectivity index (χ3n) is 17.2. The summed E-state index contributed by atoms with van der Waals surface area (Å²) in [6.07, 6.45) is 34.0. The number of alkyl halides is 3. The number of aliphatic hydroxyl groups is 1. The van der Waals surface area contributed by atoms with Crippen molar-refractivity contribution in [3.8, 4) is 11.3 Å². The molecule has 0 radical (unpaired) electrons. The number of carbonyl (C=O) groups excluding carboxylic acids is 4. The third kappa shape index (κ3) is 32.7. The Morgan fingerprint density at radius 2 is 1.03 bits per heavy atom. The minimum atomic E-state index is -2.14. The molecule has 10 aromatic heterocycles. The number of rotatable bonds is 21. The first kappa shape index (κ1) is 98.0. The number of nitrogens with zero attached hydrogens (tertiary/aromatic N) is 10. The Balaban J connectivity index is 0.000000422. The van der Waals surface area contributed by atoms with Gasteiger partial charge in [-0.3, -0.25) is 18.6 Å². The summed E-state index contributed by atoms with van der Waals surface area (Å²) in [6.45, 7) is 33.7. The van der Waals surface area contributed by atoms with E-state index >= 15 is 0 Å². The molecule has 2 aliphatic heterocycles. The van der Waals surface area contributed by atoms with Gasteiger partial charge in [0.15, 0.2) is 0 Å². The molecule has 594 valence electrons. The first-order valence-electron chi connectivity index (χ1n) is 38.1. The van der Waals surface area contributed by atoms with Crippen LogP contribution >= 0.6 is 63.7 Å². The molecule has 0 saturated carbocycles. The number of halogens is 4. The zero-order valence-electron chi connectivity index (χ0n) is 66.1. The number of aryl methyl sites for hydroxylation is 4. The van der Waals surface area contributed by atoms with Crippen molar-refractivity contribution in [3.05, 3.63) is 186 Å². The molecule has 0 bridgehead atoms. The van der Waals surface area contributed by atoms with Crippen molar-refractivity contribution in [2.24, 2.45) is 0 Å². The first-order valence-corrected chi connectivity index (χ1v) is 49.0. The fourth-order valence-electron chi connectivity index (χ4n) is 11.4. The molecule has 0 aliphatic carbocycles. The van der Waals surface area contributed by atoms with Gasteiger partial charge in [-0.15, -0.1) is 0 Å². The number of carbonyl (C=O) groups is 4. The molecule has 0 atom stereocenters. The van der Waals surface area contributed by atoms with E-state index in [0.29, 0.717) is 24.1 Å². The van der Waals surface area contributed by atoms with Crippen LogP contribution in [0.25, 0.3) is 33.8 Å². The molecule has 19 nitrogen and oxygen atoms in total. The number of esters is 2. The second-order valence-corrected chi connectivity index (χ2v) is 43.6. The zero-order chi connectivity index (χ0) is 79.2. The number of piperidine rings is 1. The van der Waals surface area contributed by atoms with Crippen molar-refractivity contribution in [2.45, 2.75) is 229 Å². The van der Waals surface area contributed by atoms with Crippen molar-refractivity contribution < 1.29 is 38.5 Å². The quantitative estimate of drug-likeness (QED) is 0.0295. The summed E-state index contributed by atoms with van der Waals surface area (Å²) in [5.41, 5.74) is 12.6. The number of ether oxygens (including phenoxy) is 3. The van der Waals surface area contributed by atoms with Gasteiger partial charge in [0.05, 0.1) is 33.8 Å². The van der Waals surface area contributed by atoms with Gasteiger partial charge in [0.1, 0.15) is 38.8 Å². The molecule has 12 rings (SSSR count). The standard InChI is InChI=1S/C14H19N3.C14H13N3.C9H9BrN2.C9H10N2.C6H6Br2O4.C5H4N.C4H7BrO.C4H10O.C4H8O.3C4H9.C2H6O.CH4.Sn/c2*1-2-12-14(11-6-8-15-9-7-11)17-10-4-3-5-13(17)16-12;1-2-7-9(10)12-6-4-3-5-8(12)11-7;1-2-8-7-11-6-4-3-5-9(11)10-8;1-5(2)11-3(9)6(7,8)4(10)12-5;1-2-4-6-5-3-1;1-2-4(6)3-5;1-3-5-4-2;1-3-4(2)5;3*1-3-4-2;1-2-3;;/h3-5,10-11,15H,2,6-9H2,1H3;3-10H,2H2,1H3;3-6H,2H2,1H3;3-7H,2H2,1H3;1-2H3;2-5H;2-3H2,1H3;3-4H2,1-2H3;3H2,1-2H3;3*1,3-4H2,2H3;3H,2H2,1H3;1H4;. The van der Waals surface area contributed by atoms with E-state index in [2.05, 4.69) is 200 Å². The molecule has 0 amide bonds. The maximum absolute atomic E-state index is 11.1. The second-order valence-electron chi connectivity index (χ2n) is 25.6. The summed E-state index contributed by atoms with van der Waals surface area (Å²) in [5.74, 6) is -1.41. The maximum atomic E-state index is 11.1. The van der Waals surface area contributed by atoms with Gasteiger partial charge in [-0.25, -0.2) is 29.5 Å². The fraction of sp³-hybridized carbons (Fsp3) is 0.500. The molecular formula is C84H123Br4N11O8Sn. The topological polar surface area (TPSA) is 223 Å². The number of hydrogen-bond donors (Lipinski definition) is 2. The Morgan fingerprint density at radius 1 is 0.593 bits per heavy atom. The van der Waals surface area contributed by atoms with Crippen LogP contribution in [0.5, 0.6) is 0 Å².